The van der Waals surface area contributed by atoms with Crippen molar-refractivity contribution in [1.29, 1.82) is 5.26 Å². The largest absolute Gasteiger partial charge is 0.349 e. The molecule has 0 radical (unpaired) electrons. The first kappa shape index (κ1) is 31.9. The predicted molar refractivity (Wildman–Crippen MR) is 159 cm³/mol. The van der Waals surface area contributed by atoms with Crippen molar-refractivity contribution in [2.45, 2.75) is 71.4 Å². The highest BCUT2D eigenvalue weighted by Crippen LogP contribution is 2.43. The average Bonchev–Trinajstić information content (AvgIpc) is 3.59. The van der Waals surface area contributed by atoms with Crippen LogP contribution in [-0.4, -0.2) is 40.3 Å². The summed E-state index contributed by atoms with van der Waals surface area (Å²) >= 11 is 0. The van der Waals surface area contributed by atoms with Crippen LogP contribution in [0.25, 0.3) is 0 Å². The highest BCUT2D eigenvalue weighted by atomic mass is 19.1. The van der Waals surface area contributed by atoms with Gasteiger partial charge in [-0.2, -0.15) is 5.26 Å². The van der Waals surface area contributed by atoms with Gasteiger partial charge in [-0.05, 0) is 63.3 Å². The molecule has 3 aromatic rings. The number of aryl methyl sites for hydroxylation is 1. The van der Waals surface area contributed by atoms with E-state index in [-0.39, 0.29) is 17.5 Å². The predicted octanol–water partition coefficient (Wildman–Crippen LogP) is 5.05. The first-order valence-electron chi connectivity index (χ1n) is 14.0. The average molecular weight is 573 g/mol. The number of anilines is 2. The molecule has 3 heterocycles. The molecule has 9 nitrogen and oxygen atoms in total. The van der Waals surface area contributed by atoms with Crippen LogP contribution < -0.4 is 15.1 Å². The quantitative estimate of drug-likeness (QED) is 0.428. The lowest BCUT2D eigenvalue weighted by Gasteiger charge is -2.40. The number of nitrogens with zero attached hydrogens (tertiary/aromatic N) is 5. The second-order valence-electron chi connectivity index (χ2n) is 10.7. The molecular weight excluding hydrogens is 535 g/mol. The summed E-state index contributed by atoms with van der Waals surface area (Å²) in [7, 11) is 0. The first-order chi connectivity index (χ1) is 20.1. The van der Waals surface area contributed by atoms with E-state index < -0.39 is 16.9 Å². The number of pyridine rings is 2. The van der Waals surface area contributed by atoms with E-state index in [9.17, 15) is 18.8 Å². The second-order valence-corrected chi connectivity index (χ2v) is 10.7. The third kappa shape index (κ3) is 6.97. The Bertz CT molecular complexity index is 1460. The Morgan fingerprint density at radius 1 is 1.17 bits per heavy atom. The Kier molecular flexibility index (Phi) is 10.5. The fourth-order valence-corrected chi connectivity index (χ4v) is 5.06. The van der Waals surface area contributed by atoms with Gasteiger partial charge in [-0.25, -0.2) is 9.37 Å². The lowest BCUT2D eigenvalue weighted by atomic mass is 9.87. The summed E-state index contributed by atoms with van der Waals surface area (Å²) in [6, 6.07) is 14.1. The number of fused-ring (bicyclic) bond motifs is 1. The highest BCUT2D eigenvalue weighted by molar-refractivity contribution is 5.98. The zero-order valence-corrected chi connectivity index (χ0v) is 24.7. The molecular formula is C32H37FN6O3. The standard InChI is InChI=1S/C20H22FN3O2.C10H9N3O.C2H6/c1-19(2,3)23-18(26)20(9-8-14-6-4-5-7-17(14)20)24(13-25)16-10-15(21)11-22-12-16;11-7-8-3-4-12-9(6-8)13-5-1-2-10(13)14;1-2/h4-7,10-13H,8-9H2,1-3H3,(H,23,26);3-4,6H,1-2,5H2;1-2H3. The fourth-order valence-electron chi connectivity index (χ4n) is 5.06. The van der Waals surface area contributed by atoms with E-state index in [0.29, 0.717) is 43.6 Å². The van der Waals surface area contributed by atoms with E-state index in [1.807, 2.05) is 65.0 Å². The molecule has 2 aromatic heterocycles. The normalized spacial score (nSPS) is 17.1. The lowest BCUT2D eigenvalue weighted by molar-refractivity contribution is -0.130. The summed E-state index contributed by atoms with van der Waals surface area (Å²) in [4.78, 5) is 47.7. The van der Waals surface area contributed by atoms with E-state index in [0.717, 1.165) is 23.7 Å². The molecule has 3 amide bonds. The van der Waals surface area contributed by atoms with E-state index in [1.165, 1.54) is 17.2 Å². The minimum Gasteiger partial charge on any atom is -0.349 e. The van der Waals surface area contributed by atoms with Gasteiger partial charge >= 0.3 is 0 Å². The van der Waals surface area contributed by atoms with Crippen molar-refractivity contribution in [2.24, 2.45) is 0 Å². The van der Waals surface area contributed by atoms with Crippen LogP contribution in [0, 0.1) is 17.1 Å². The Morgan fingerprint density at radius 3 is 2.52 bits per heavy atom. The molecule has 1 N–H and O–H groups in total. The number of benzene rings is 1. The lowest BCUT2D eigenvalue weighted by Crippen LogP contribution is -2.58. The zero-order valence-electron chi connectivity index (χ0n) is 24.7. The number of nitriles is 1. The molecule has 220 valence electrons. The number of hydrogen-bond acceptors (Lipinski definition) is 6. The second kappa shape index (κ2) is 13.8. The molecule has 1 atom stereocenters. The molecule has 2 aliphatic rings. The van der Waals surface area contributed by atoms with E-state index in [1.54, 1.807) is 23.2 Å². The number of amides is 3. The Morgan fingerprint density at radius 2 is 1.90 bits per heavy atom. The highest BCUT2D eigenvalue weighted by Gasteiger charge is 2.51. The van der Waals surface area contributed by atoms with Gasteiger partial charge in [0, 0.05) is 30.8 Å². The van der Waals surface area contributed by atoms with Crippen molar-refractivity contribution in [3.05, 3.63) is 83.6 Å². The summed E-state index contributed by atoms with van der Waals surface area (Å²) in [6.07, 6.45) is 7.13. The van der Waals surface area contributed by atoms with Crippen molar-refractivity contribution in [3.8, 4) is 6.07 Å². The van der Waals surface area contributed by atoms with Gasteiger partial charge in [0.15, 0.2) is 5.54 Å². The SMILES string of the molecule is CC.CC(C)(C)NC(=O)C1(N(C=O)c2cncc(F)c2)CCc2ccccc21.N#Cc1ccnc(N2CCCC2=O)c1. The fraction of sp³-hybridized carbons (Fsp3) is 0.375. The van der Waals surface area contributed by atoms with Crippen LogP contribution in [0.1, 0.15) is 70.6 Å². The number of hydrogen-bond donors (Lipinski definition) is 1. The van der Waals surface area contributed by atoms with Crippen LogP contribution >= 0.6 is 0 Å². The maximum absolute atomic E-state index is 13.7. The number of rotatable bonds is 5. The minimum absolute atomic E-state index is 0.0904. The molecule has 0 spiro atoms. The van der Waals surface area contributed by atoms with Crippen molar-refractivity contribution >= 4 is 29.7 Å². The molecule has 1 aromatic carbocycles. The molecule has 1 fully saturated rings. The Hall–Kier alpha value is -4.65. The van der Waals surface area contributed by atoms with Gasteiger partial charge in [-0.3, -0.25) is 29.2 Å². The Balaban J connectivity index is 0.000000254. The van der Waals surface area contributed by atoms with Gasteiger partial charge in [0.1, 0.15) is 11.6 Å². The number of carbonyl (C=O) groups is 3. The third-order valence-corrected chi connectivity index (χ3v) is 6.79. The Labute approximate surface area is 246 Å². The van der Waals surface area contributed by atoms with Gasteiger partial charge in [0.05, 0.1) is 29.7 Å². The van der Waals surface area contributed by atoms with Crippen molar-refractivity contribution < 1.29 is 18.8 Å². The minimum atomic E-state index is -1.24. The number of halogens is 1. The van der Waals surface area contributed by atoms with Gasteiger partial charge in [0.25, 0.3) is 5.91 Å². The number of nitrogens with one attached hydrogen (secondary N) is 1. The van der Waals surface area contributed by atoms with E-state index in [4.69, 9.17) is 5.26 Å². The smallest absolute Gasteiger partial charge is 0.251 e. The van der Waals surface area contributed by atoms with Gasteiger partial charge in [-0.15, -0.1) is 0 Å². The van der Waals surface area contributed by atoms with Gasteiger partial charge in [-0.1, -0.05) is 38.1 Å². The van der Waals surface area contributed by atoms with Crippen LogP contribution in [0.5, 0.6) is 0 Å². The zero-order chi connectivity index (χ0) is 30.9. The molecule has 5 rings (SSSR count). The van der Waals surface area contributed by atoms with Crippen LogP contribution in [0.2, 0.25) is 0 Å². The maximum atomic E-state index is 13.7. The molecule has 10 heteroatoms. The van der Waals surface area contributed by atoms with Crippen molar-refractivity contribution in [1.82, 2.24) is 15.3 Å². The van der Waals surface area contributed by atoms with Gasteiger partial charge in [0.2, 0.25) is 12.3 Å². The number of aromatic nitrogens is 2. The summed E-state index contributed by atoms with van der Waals surface area (Å²) in [5.41, 5.74) is 0.846. The van der Waals surface area contributed by atoms with Gasteiger partial charge < -0.3 is 5.32 Å². The molecule has 1 aliphatic carbocycles. The molecule has 1 saturated heterocycles. The van der Waals surface area contributed by atoms with E-state index in [2.05, 4.69) is 15.3 Å². The molecule has 1 unspecified atom stereocenters. The number of carbonyl (C=O) groups excluding carboxylic acids is 3. The van der Waals surface area contributed by atoms with Crippen LogP contribution in [0.3, 0.4) is 0 Å². The molecule has 0 bridgehead atoms. The maximum Gasteiger partial charge on any atom is 0.251 e. The topological polar surface area (TPSA) is 119 Å². The van der Waals surface area contributed by atoms with Crippen LogP contribution in [-0.2, 0) is 26.3 Å². The summed E-state index contributed by atoms with van der Waals surface area (Å²) in [5.74, 6) is -0.169. The summed E-state index contributed by atoms with van der Waals surface area (Å²) < 4.78 is 13.7. The van der Waals surface area contributed by atoms with Crippen molar-refractivity contribution in [3.63, 3.8) is 0 Å². The summed E-state index contributed by atoms with van der Waals surface area (Å²) in [6.45, 7) is 10.4. The van der Waals surface area contributed by atoms with Crippen molar-refractivity contribution in [2.75, 3.05) is 16.3 Å². The first-order valence-corrected chi connectivity index (χ1v) is 14.0. The molecule has 0 saturated carbocycles. The van der Waals surface area contributed by atoms with Crippen LogP contribution in [0.4, 0.5) is 15.9 Å². The third-order valence-electron chi connectivity index (χ3n) is 6.79. The summed E-state index contributed by atoms with van der Waals surface area (Å²) in [5, 5.41) is 11.7. The van der Waals surface area contributed by atoms with E-state index >= 15 is 0 Å². The van der Waals surface area contributed by atoms with Crippen LogP contribution in [0.15, 0.2) is 61.1 Å². The molecule has 42 heavy (non-hydrogen) atoms. The molecule has 1 aliphatic heterocycles. The monoisotopic (exact) mass is 572 g/mol.